The summed E-state index contributed by atoms with van der Waals surface area (Å²) in [6.45, 7) is 8.21. The number of ether oxygens (including phenoxy) is 2. The smallest absolute Gasteiger partial charge is 0.242 e. The number of nitrogens with one attached hydrogen (secondary N) is 1. The molecule has 1 N–H and O–H groups in total. The molecule has 0 atom stereocenters. The van der Waals surface area contributed by atoms with Gasteiger partial charge in [0.2, 0.25) is 5.91 Å². The van der Waals surface area contributed by atoms with Gasteiger partial charge in [-0.1, -0.05) is 23.7 Å². The summed E-state index contributed by atoms with van der Waals surface area (Å²) < 4.78 is 11.3. The molecule has 0 unspecified atom stereocenters. The molecule has 0 aromatic heterocycles. The van der Waals surface area contributed by atoms with Gasteiger partial charge in [0, 0.05) is 57.6 Å². The third kappa shape index (κ3) is 7.15. The van der Waals surface area contributed by atoms with Gasteiger partial charge < -0.3 is 24.6 Å². The Balaban J connectivity index is 1.44. The van der Waals surface area contributed by atoms with Gasteiger partial charge in [-0.15, -0.1) is 0 Å². The van der Waals surface area contributed by atoms with E-state index in [0.717, 1.165) is 57.1 Å². The van der Waals surface area contributed by atoms with Crippen molar-refractivity contribution >= 4 is 23.5 Å². The Morgan fingerprint density at radius 2 is 2.03 bits per heavy atom. The van der Waals surface area contributed by atoms with Crippen molar-refractivity contribution in [1.29, 1.82) is 0 Å². The molecule has 0 aliphatic carbocycles. The fraction of sp³-hybridized carbons (Fsp3) is 0.636. The maximum atomic E-state index is 12.7. The number of aliphatic imine (C=N–C) groups is 1. The summed E-state index contributed by atoms with van der Waals surface area (Å²) in [4.78, 5) is 21.3. The van der Waals surface area contributed by atoms with Crippen LogP contribution in [0.2, 0.25) is 5.02 Å². The number of amides is 1. The van der Waals surface area contributed by atoms with Crippen LogP contribution < -0.4 is 5.32 Å². The van der Waals surface area contributed by atoms with Crippen LogP contribution in [-0.2, 0) is 20.8 Å². The second-order valence-corrected chi connectivity index (χ2v) is 8.07. The molecule has 0 bridgehead atoms. The van der Waals surface area contributed by atoms with Crippen LogP contribution in [0.4, 0.5) is 0 Å². The normalized spacial score (nSPS) is 18.7. The fourth-order valence-corrected chi connectivity index (χ4v) is 3.76. The number of rotatable bonds is 8. The van der Waals surface area contributed by atoms with Gasteiger partial charge in [-0.3, -0.25) is 9.79 Å². The van der Waals surface area contributed by atoms with E-state index in [1.807, 2.05) is 41.0 Å². The molecule has 2 heterocycles. The number of halogens is 1. The monoisotopic (exact) mass is 436 g/mol. The highest BCUT2D eigenvalue weighted by Crippen LogP contribution is 2.14. The lowest BCUT2D eigenvalue weighted by molar-refractivity contribution is -0.135. The number of carbonyl (C=O) groups is 1. The zero-order chi connectivity index (χ0) is 21.2. The Morgan fingerprint density at radius 1 is 1.27 bits per heavy atom. The molecule has 1 aromatic rings. The fourth-order valence-electron chi connectivity index (χ4n) is 3.63. The molecule has 1 aromatic carbocycles. The SMILES string of the molecule is CCNC(=NCCCOC1CCOCC1)N1CCN(Cc2ccc(Cl)cc2)C(=O)C1. The molecule has 1 amide bonds. The topological polar surface area (TPSA) is 66.4 Å². The lowest BCUT2D eigenvalue weighted by atomic mass is 10.1. The minimum absolute atomic E-state index is 0.115. The number of guanidine groups is 1. The summed E-state index contributed by atoms with van der Waals surface area (Å²) in [6.07, 6.45) is 3.15. The van der Waals surface area contributed by atoms with Gasteiger partial charge in [-0.2, -0.15) is 0 Å². The van der Waals surface area contributed by atoms with Crippen molar-refractivity contribution in [1.82, 2.24) is 15.1 Å². The molecule has 30 heavy (non-hydrogen) atoms. The molecule has 7 nitrogen and oxygen atoms in total. The van der Waals surface area contributed by atoms with Crippen molar-refractivity contribution in [2.45, 2.75) is 38.8 Å². The van der Waals surface area contributed by atoms with Gasteiger partial charge >= 0.3 is 0 Å². The Bertz CT molecular complexity index is 692. The average molecular weight is 437 g/mol. The van der Waals surface area contributed by atoms with Crippen molar-refractivity contribution < 1.29 is 14.3 Å². The summed E-state index contributed by atoms with van der Waals surface area (Å²) in [7, 11) is 0. The van der Waals surface area contributed by atoms with Crippen LogP contribution in [0.15, 0.2) is 29.3 Å². The summed E-state index contributed by atoms with van der Waals surface area (Å²) in [5.41, 5.74) is 1.09. The van der Waals surface area contributed by atoms with Gasteiger partial charge in [0.1, 0.15) is 0 Å². The van der Waals surface area contributed by atoms with Gasteiger partial charge in [-0.05, 0) is 43.9 Å². The molecule has 166 valence electrons. The lowest BCUT2D eigenvalue weighted by Gasteiger charge is -2.36. The highest BCUT2D eigenvalue weighted by molar-refractivity contribution is 6.30. The number of piperazine rings is 1. The summed E-state index contributed by atoms with van der Waals surface area (Å²) in [5.74, 6) is 0.924. The van der Waals surface area contributed by atoms with E-state index >= 15 is 0 Å². The van der Waals surface area contributed by atoms with Crippen LogP contribution >= 0.6 is 11.6 Å². The first-order valence-corrected chi connectivity index (χ1v) is 11.3. The van der Waals surface area contributed by atoms with Crippen LogP contribution in [0.25, 0.3) is 0 Å². The Labute approximate surface area is 184 Å². The molecule has 3 rings (SSSR count). The molecule has 0 saturated carbocycles. The lowest BCUT2D eigenvalue weighted by Crippen LogP contribution is -2.55. The Hall–Kier alpha value is -1.83. The van der Waals surface area contributed by atoms with Gasteiger partial charge in [0.25, 0.3) is 0 Å². The number of nitrogens with zero attached hydrogens (tertiary/aromatic N) is 3. The minimum Gasteiger partial charge on any atom is -0.381 e. The standard InChI is InChI=1S/C22H33ClN4O3/c1-2-24-22(25-10-3-13-30-20-8-14-29-15-9-20)27-12-11-26(21(28)17-27)16-18-4-6-19(23)7-5-18/h4-7,20H,2-3,8-17H2,1H3,(H,24,25). The summed E-state index contributed by atoms with van der Waals surface area (Å²) in [5, 5.41) is 4.03. The quantitative estimate of drug-likeness (QED) is 0.385. The van der Waals surface area contributed by atoms with Crippen LogP contribution in [0, 0.1) is 0 Å². The van der Waals surface area contributed by atoms with E-state index in [0.29, 0.717) is 43.9 Å². The Morgan fingerprint density at radius 3 is 2.73 bits per heavy atom. The van der Waals surface area contributed by atoms with Crippen LogP contribution in [-0.4, -0.2) is 80.3 Å². The van der Waals surface area contributed by atoms with E-state index in [-0.39, 0.29) is 5.91 Å². The number of carbonyl (C=O) groups excluding carboxylic acids is 1. The summed E-state index contributed by atoms with van der Waals surface area (Å²) in [6, 6.07) is 7.66. The third-order valence-corrected chi connectivity index (χ3v) is 5.58. The predicted molar refractivity (Wildman–Crippen MR) is 119 cm³/mol. The zero-order valence-corrected chi connectivity index (χ0v) is 18.6. The second-order valence-electron chi connectivity index (χ2n) is 7.64. The Kier molecular flexibility index (Phi) is 9.24. The largest absolute Gasteiger partial charge is 0.381 e. The van der Waals surface area contributed by atoms with E-state index in [1.54, 1.807) is 0 Å². The first kappa shape index (κ1) is 22.8. The molecule has 2 aliphatic rings. The minimum atomic E-state index is 0.115. The van der Waals surface area contributed by atoms with Crippen molar-refractivity contribution in [2.24, 2.45) is 4.99 Å². The molecule has 0 spiro atoms. The van der Waals surface area contributed by atoms with E-state index in [1.165, 1.54) is 0 Å². The van der Waals surface area contributed by atoms with Gasteiger partial charge in [0.15, 0.2) is 5.96 Å². The highest BCUT2D eigenvalue weighted by Gasteiger charge is 2.26. The first-order chi connectivity index (χ1) is 14.7. The number of hydrogen-bond acceptors (Lipinski definition) is 4. The van der Waals surface area contributed by atoms with Crippen molar-refractivity contribution in [3.05, 3.63) is 34.9 Å². The maximum absolute atomic E-state index is 12.7. The first-order valence-electron chi connectivity index (χ1n) is 10.9. The second kappa shape index (κ2) is 12.1. The molecule has 2 aliphatic heterocycles. The van der Waals surface area contributed by atoms with E-state index in [4.69, 9.17) is 26.1 Å². The van der Waals surface area contributed by atoms with E-state index < -0.39 is 0 Å². The molecular weight excluding hydrogens is 404 g/mol. The van der Waals surface area contributed by atoms with Gasteiger partial charge in [0.05, 0.1) is 12.6 Å². The zero-order valence-electron chi connectivity index (χ0n) is 17.8. The van der Waals surface area contributed by atoms with Crippen molar-refractivity contribution in [3.63, 3.8) is 0 Å². The average Bonchev–Trinajstić information content (AvgIpc) is 2.76. The van der Waals surface area contributed by atoms with Crippen LogP contribution in [0.3, 0.4) is 0 Å². The predicted octanol–water partition coefficient (Wildman–Crippen LogP) is 2.54. The van der Waals surface area contributed by atoms with Crippen LogP contribution in [0.5, 0.6) is 0 Å². The van der Waals surface area contributed by atoms with E-state index in [9.17, 15) is 4.79 Å². The summed E-state index contributed by atoms with van der Waals surface area (Å²) >= 11 is 5.95. The molecule has 0 radical (unpaired) electrons. The van der Waals surface area contributed by atoms with Crippen LogP contribution in [0.1, 0.15) is 31.7 Å². The number of hydrogen-bond donors (Lipinski definition) is 1. The molecule has 2 saturated heterocycles. The third-order valence-electron chi connectivity index (χ3n) is 5.33. The van der Waals surface area contributed by atoms with Gasteiger partial charge in [-0.25, -0.2) is 0 Å². The highest BCUT2D eigenvalue weighted by atomic mass is 35.5. The molecular formula is C22H33ClN4O3. The maximum Gasteiger partial charge on any atom is 0.242 e. The molecule has 8 heteroatoms. The van der Waals surface area contributed by atoms with Crippen molar-refractivity contribution in [3.8, 4) is 0 Å². The van der Waals surface area contributed by atoms with E-state index in [2.05, 4.69) is 5.32 Å². The molecule has 2 fully saturated rings. The van der Waals surface area contributed by atoms with Crippen molar-refractivity contribution in [2.75, 3.05) is 52.5 Å². The number of benzene rings is 1.